The van der Waals surface area contributed by atoms with E-state index in [-0.39, 0.29) is 17.9 Å². The third kappa shape index (κ3) is 5.03. The molecule has 2 heterocycles. The Morgan fingerprint density at radius 3 is 2.54 bits per heavy atom. The van der Waals surface area contributed by atoms with E-state index in [2.05, 4.69) is 15.7 Å². The number of nitrogens with zero attached hydrogens (tertiary/aromatic N) is 2. The van der Waals surface area contributed by atoms with Crippen LogP contribution in [0.1, 0.15) is 47.1 Å². The van der Waals surface area contributed by atoms with Crippen LogP contribution in [0.15, 0.2) is 59.8 Å². The number of esters is 1. The molecule has 1 aliphatic heterocycles. The van der Waals surface area contributed by atoms with E-state index in [1.807, 2.05) is 0 Å². The van der Waals surface area contributed by atoms with Gasteiger partial charge in [0.25, 0.3) is 5.91 Å². The number of amides is 1. The minimum absolute atomic E-state index is 0.0233. The van der Waals surface area contributed by atoms with Gasteiger partial charge in [-0.1, -0.05) is 12.1 Å². The van der Waals surface area contributed by atoms with E-state index >= 15 is 0 Å². The van der Waals surface area contributed by atoms with Crippen molar-refractivity contribution < 1.29 is 27.5 Å². The molecule has 37 heavy (non-hydrogen) atoms. The second kappa shape index (κ2) is 9.80. The Kier molecular flexibility index (Phi) is 6.75. The molecule has 1 atom stereocenters. The van der Waals surface area contributed by atoms with E-state index in [4.69, 9.17) is 15.9 Å². The van der Waals surface area contributed by atoms with E-state index in [0.717, 1.165) is 18.3 Å². The van der Waals surface area contributed by atoms with Gasteiger partial charge < -0.3 is 26.5 Å². The van der Waals surface area contributed by atoms with Crippen LogP contribution in [-0.4, -0.2) is 34.5 Å². The summed E-state index contributed by atoms with van der Waals surface area (Å²) in [4.78, 5) is 25.8. The molecule has 1 aromatic heterocycles. The lowest BCUT2D eigenvalue weighted by Crippen LogP contribution is -2.31. The average molecular weight is 512 g/mol. The van der Waals surface area contributed by atoms with Crippen molar-refractivity contribution in [2.45, 2.75) is 26.1 Å². The molecule has 12 heteroatoms. The first-order valence-electron chi connectivity index (χ1n) is 11.2. The predicted octanol–water partition coefficient (Wildman–Crippen LogP) is 4.59. The van der Waals surface area contributed by atoms with Crippen molar-refractivity contribution in [2.75, 3.05) is 23.0 Å². The molecule has 0 aliphatic carbocycles. The fourth-order valence-electron chi connectivity index (χ4n) is 4.01. The molecular weight excluding hydrogens is 489 g/mol. The summed E-state index contributed by atoms with van der Waals surface area (Å²) < 4.78 is 45.9. The number of benzene rings is 2. The van der Waals surface area contributed by atoms with Gasteiger partial charge >= 0.3 is 12.1 Å². The lowest BCUT2D eigenvalue weighted by Gasteiger charge is -2.30. The largest absolute Gasteiger partial charge is 0.461 e. The number of aromatic nitrogens is 2. The molecule has 1 aliphatic rings. The molecular formula is C25H23F3N6O3. The van der Waals surface area contributed by atoms with Gasteiger partial charge in [-0.2, -0.15) is 18.3 Å². The number of nitrogens with two attached hydrogens (primary N) is 1. The molecule has 2 aromatic carbocycles. The van der Waals surface area contributed by atoms with Crippen LogP contribution in [0.4, 0.5) is 30.4 Å². The minimum atomic E-state index is -4.53. The van der Waals surface area contributed by atoms with Crippen molar-refractivity contribution in [2.24, 2.45) is 0 Å². The van der Waals surface area contributed by atoms with Gasteiger partial charge in [0, 0.05) is 34.9 Å². The number of halogens is 3. The fraction of sp³-hybridized carbons (Fsp3) is 0.200. The maximum Gasteiger partial charge on any atom is 0.416 e. The van der Waals surface area contributed by atoms with Crippen LogP contribution in [-0.2, 0) is 15.7 Å². The molecule has 9 nitrogen and oxygen atoms in total. The summed E-state index contributed by atoms with van der Waals surface area (Å²) in [7, 11) is 0. The van der Waals surface area contributed by atoms with Crippen molar-refractivity contribution in [3.63, 3.8) is 0 Å². The Balaban J connectivity index is 1.79. The molecule has 1 unspecified atom stereocenters. The minimum Gasteiger partial charge on any atom is -0.461 e. The summed E-state index contributed by atoms with van der Waals surface area (Å²) in [6.45, 7) is 3.41. The molecule has 0 saturated heterocycles. The van der Waals surface area contributed by atoms with Crippen molar-refractivity contribution in [1.82, 2.24) is 9.78 Å². The Bertz CT molecular complexity index is 1410. The number of ether oxygens (including phenoxy) is 1. The number of alkyl halides is 3. The summed E-state index contributed by atoms with van der Waals surface area (Å²) in [6, 6.07) is 9.51. The third-order valence-corrected chi connectivity index (χ3v) is 5.76. The predicted molar refractivity (Wildman–Crippen MR) is 131 cm³/mol. The van der Waals surface area contributed by atoms with Crippen LogP contribution in [0.2, 0.25) is 0 Å². The van der Waals surface area contributed by atoms with Gasteiger partial charge in [-0.05, 0) is 49.7 Å². The van der Waals surface area contributed by atoms with Gasteiger partial charge in [0.15, 0.2) is 5.69 Å². The van der Waals surface area contributed by atoms with Crippen LogP contribution in [0.5, 0.6) is 0 Å². The third-order valence-electron chi connectivity index (χ3n) is 5.76. The van der Waals surface area contributed by atoms with Gasteiger partial charge in [0.2, 0.25) is 0 Å². The lowest BCUT2D eigenvalue weighted by atomic mass is 9.94. The van der Waals surface area contributed by atoms with Crippen molar-refractivity contribution in [3.8, 4) is 0 Å². The second-order valence-corrected chi connectivity index (χ2v) is 8.21. The van der Waals surface area contributed by atoms with Crippen LogP contribution < -0.4 is 16.4 Å². The smallest absolute Gasteiger partial charge is 0.416 e. The standard InChI is InChI=1S/C25H23F3N6O3/c1-3-37-24(36)19-11-20-31-13(2)21(23(35)32-17-8-9-18(30)15(10-17)12-29)22(34(20)33-19)14-4-6-16(7-5-14)25(26,27)28/h4-12,22,29,31H,3,30H2,1-2H3,(H,32,35). The van der Waals surface area contributed by atoms with Crippen LogP contribution >= 0.6 is 0 Å². The number of nitrogen functional groups attached to an aromatic ring is 1. The summed E-state index contributed by atoms with van der Waals surface area (Å²) in [5.41, 5.74) is 7.00. The molecule has 1 amide bonds. The number of carbonyl (C=O) groups excluding carboxylic acids is 2. The highest BCUT2D eigenvalue weighted by Crippen LogP contribution is 2.38. The van der Waals surface area contributed by atoms with Gasteiger partial charge in [-0.25, -0.2) is 9.48 Å². The first-order chi connectivity index (χ1) is 17.5. The highest BCUT2D eigenvalue weighted by atomic mass is 19.4. The number of carbonyl (C=O) groups is 2. The molecule has 4 rings (SSSR count). The van der Waals surface area contributed by atoms with Gasteiger partial charge in [-0.3, -0.25) is 4.79 Å². The van der Waals surface area contributed by atoms with Crippen LogP contribution in [0.25, 0.3) is 0 Å². The molecule has 192 valence electrons. The Labute approximate surface area is 209 Å². The zero-order valence-corrected chi connectivity index (χ0v) is 19.8. The topological polar surface area (TPSA) is 135 Å². The molecule has 3 aromatic rings. The average Bonchev–Trinajstić information content (AvgIpc) is 3.27. The van der Waals surface area contributed by atoms with E-state index in [1.165, 1.54) is 28.9 Å². The van der Waals surface area contributed by atoms with Crippen LogP contribution in [0.3, 0.4) is 0 Å². The van der Waals surface area contributed by atoms with Gasteiger partial charge in [0.05, 0.1) is 17.7 Å². The zero-order chi connectivity index (χ0) is 26.9. The molecule has 5 N–H and O–H groups in total. The monoisotopic (exact) mass is 512 g/mol. The Morgan fingerprint density at radius 2 is 1.92 bits per heavy atom. The van der Waals surface area contributed by atoms with Crippen molar-refractivity contribution in [1.29, 1.82) is 5.41 Å². The number of rotatable bonds is 6. The molecule has 0 saturated carbocycles. The molecule has 0 radical (unpaired) electrons. The first kappa shape index (κ1) is 25.5. The molecule has 0 spiro atoms. The molecule has 0 bridgehead atoms. The van der Waals surface area contributed by atoms with Gasteiger partial charge in [-0.15, -0.1) is 0 Å². The fourth-order valence-corrected chi connectivity index (χ4v) is 4.01. The van der Waals surface area contributed by atoms with E-state index in [9.17, 15) is 22.8 Å². The van der Waals surface area contributed by atoms with E-state index in [0.29, 0.717) is 34.0 Å². The van der Waals surface area contributed by atoms with Gasteiger partial charge in [0.1, 0.15) is 11.9 Å². The number of allylic oxidation sites excluding steroid dienone is 1. The van der Waals surface area contributed by atoms with E-state index in [1.54, 1.807) is 26.0 Å². The van der Waals surface area contributed by atoms with Crippen molar-refractivity contribution >= 4 is 35.3 Å². The quantitative estimate of drug-likeness (QED) is 0.217. The summed E-state index contributed by atoms with van der Waals surface area (Å²) in [6.07, 6.45) is -3.48. The maximum absolute atomic E-state index is 13.5. The summed E-state index contributed by atoms with van der Waals surface area (Å²) in [5.74, 6) is -0.878. The number of hydrogen-bond donors (Lipinski definition) is 4. The highest BCUT2D eigenvalue weighted by molar-refractivity contribution is 6.06. The SMILES string of the molecule is CCOC(=O)c1cc2n(n1)C(c1ccc(C(F)(F)F)cc1)C(C(=O)Nc1ccc(N)c(C=N)c1)=C(C)N2. The normalized spacial score (nSPS) is 15.0. The highest BCUT2D eigenvalue weighted by Gasteiger charge is 2.36. The Morgan fingerprint density at radius 1 is 1.22 bits per heavy atom. The second-order valence-electron chi connectivity index (χ2n) is 8.21. The summed E-state index contributed by atoms with van der Waals surface area (Å²) >= 11 is 0. The Hall–Kier alpha value is -4.61. The first-order valence-corrected chi connectivity index (χ1v) is 11.2. The zero-order valence-electron chi connectivity index (χ0n) is 19.8. The number of anilines is 3. The number of nitrogens with one attached hydrogen (secondary N) is 3. The number of hydrogen-bond acceptors (Lipinski definition) is 7. The lowest BCUT2D eigenvalue weighted by molar-refractivity contribution is -0.137. The number of fused-ring (bicyclic) bond motifs is 1. The van der Waals surface area contributed by atoms with E-state index < -0.39 is 29.7 Å². The summed E-state index contributed by atoms with van der Waals surface area (Å²) in [5, 5.41) is 17.6. The molecule has 0 fully saturated rings. The van der Waals surface area contributed by atoms with Crippen LogP contribution in [0, 0.1) is 5.41 Å². The maximum atomic E-state index is 13.5. The van der Waals surface area contributed by atoms with Crippen molar-refractivity contribution in [3.05, 3.63) is 82.2 Å².